The second-order valence-corrected chi connectivity index (χ2v) is 6.41. The average molecular weight is 341 g/mol. The van der Waals surface area contributed by atoms with E-state index in [1.807, 2.05) is 36.0 Å². The fourth-order valence-corrected chi connectivity index (χ4v) is 3.45. The molecule has 1 aromatic carbocycles. The van der Waals surface area contributed by atoms with E-state index in [1.165, 1.54) is 16.3 Å². The van der Waals surface area contributed by atoms with Crippen molar-refractivity contribution in [1.29, 1.82) is 0 Å². The number of hydrogen-bond donors (Lipinski definition) is 0. The van der Waals surface area contributed by atoms with E-state index < -0.39 is 0 Å². The van der Waals surface area contributed by atoms with Crippen molar-refractivity contribution in [2.24, 2.45) is 0 Å². The Hall–Kier alpha value is -1.13. The first-order chi connectivity index (χ1) is 10.1. The van der Waals surface area contributed by atoms with E-state index in [0.717, 1.165) is 24.5 Å². The fraction of sp³-hybridized carbons (Fsp3) is 0.471. The standard InChI is InChI=1S/C17H24N2OS.ClH/c1-5-18(6-2)16-9-7-15(8-10-16)17(20)11-19-12-21-14(4)13(19)3;/h7-10H,5-6,11-12H2,1-4H3;1H. The Bertz CT molecular complexity index is 538. The van der Waals surface area contributed by atoms with Gasteiger partial charge >= 0.3 is 0 Å². The SMILES string of the molecule is CCN(CC)c1ccc(C(=O)CN2CSC(C)=C2C)cc1.Cl. The number of carbonyl (C=O) groups excluding carboxylic acids is 1. The summed E-state index contributed by atoms with van der Waals surface area (Å²) in [5.74, 6) is 1.08. The molecular weight excluding hydrogens is 316 g/mol. The summed E-state index contributed by atoms with van der Waals surface area (Å²) >= 11 is 1.81. The maximum Gasteiger partial charge on any atom is 0.182 e. The number of rotatable bonds is 6. The minimum absolute atomic E-state index is 0. The molecule has 0 spiro atoms. The van der Waals surface area contributed by atoms with Crippen LogP contribution < -0.4 is 4.90 Å². The van der Waals surface area contributed by atoms with Gasteiger partial charge in [0.1, 0.15) is 0 Å². The molecule has 1 aliphatic rings. The first-order valence-electron chi connectivity index (χ1n) is 7.50. The highest BCUT2D eigenvalue weighted by Gasteiger charge is 2.19. The van der Waals surface area contributed by atoms with Gasteiger partial charge in [-0.3, -0.25) is 4.79 Å². The largest absolute Gasteiger partial charge is 0.372 e. The van der Waals surface area contributed by atoms with E-state index in [1.54, 1.807) is 0 Å². The van der Waals surface area contributed by atoms with Gasteiger partial charge in [-0.15, -0.1) is 24.2 Å². The van der Waals surface area contributed by atoms with E-state index in [4.69, 9.17) is 0 Å². The highest BCUT2D eigenvalue weighted by atomic mass is 35.5. The molecule has 1 heterocycles. The minimum Gasteiger partial charge on any atom is -0.372 e. The summed E-state index contributed by atoms with van der Waals surface area (Å²) in [6.45, 7) is 10.9. The van der Waals surface area contributed by atoms with Crippen LogP contribution in [-0.4, -0.2) is 36.2 Å². The number of ketones is 1. The third-order valence-electron chi connectivity index (χ3n) is 4.07. The van der Waals surface area contributed by atoms with Crippen LogP contribution in [0.25, 0.3) is 0 Å². The van der Waals surface area contributed by atoms with Crippen molar-refractivity contribution in [2.75, 3.05) is 30.4 Å². The number of allylic oxidation sites excluding steroid dienone is 2. The van der Waals surface area contributed by atoms with Crippen LogP contribution in [0, 0.1) is 0 Å². The van der Waals surface area contributed by atoms with E-state index in [-0.39, 0.29) is 18.2 Å². The molecule has 0 aliphatic carbocycles. The summed E-state index contributed by atoms with van der Waals surface area (Å²) in [5, 5.41) is 0. The fourth-order valence-electron chi connectivity index (χ4n) is 2.47. The molecule has 0 radical (unpaired) electrons. The number of Topliss-reactive ketones (excluding diaryl/α,β-unsaturated/α-hetero) is 1. The summed E-state index contributed by atoms with van der Waals surface area (Å²) in [7, 11) is 0. The minimum atomic E-state index is 0. The molecule has 0 saturated heterocycles. The molecule has 122 valence electrons. The van der Waals surface area contributed by atoms with Gasteiger partial charge in [-0.05, 0) is 52.0 Å². The molecule has 5 heteroatoms. The Morgan fingerprint density at radius 3 is 2.23 bits per heavy atom. The number of anilines is 1. The zero-order valence-electron chi connectivity index (χ0n) is 13.8. The first kappa shape index (κ1) is 18.9. The zero-order chi connectivity index (χ0) is 15.4. The van der Waals surface area contributed by atoms with Crippen LogP contribution in [0.3, 0.4) is 0 Å². The van der Waals surface area contributed by atoms with Gasteiger partial charge in [-0.2, -0.15) is 0 Å². The second kappa shape index (κ2) is 8.49. The van der Waals surface area contributed by atoms with Crippen molar-refractivity contribution < 1.29 is 4.79 Å². The number of halogens is 1. The third-order valence-corrected chi connectivity index (χ3v) is 5.24. The highest BCUT2D eigenvalue weighted by Crippen LogP contribution is 2.30. The predicted octanol–water partition coefficient (Wildman–Crippen LogP) is 4.40. The molecule has 22 heavy (non-hydrogen) atoms. The Balaban J connectivity index is 0.00000242. The molecule has 0 N–H and O–H groups in total. The summed E-state index contributed by atoms with van der Waals surface area (Å²) in [6, 6.07) is 8.00. The normalized spacial score (nSPS) is 14.1. The molecule has 3 nitrogen and oxygen atoms in total. The first-order valence-corrected chi connectivity index (χ1v) is 8.48. The van der Waals surface area contributed by atoms with E-state index in [2.05, 4.69) is 37.5 Å². The molecule has 1 aliphatic heterocycles. The number of hydrogen-bond acceptors (Lipinski definition) is 4. The monoisotopic (exact) mass is 340 g/mol. The second-order valence-electron chi connectivity index (χ2n) is 5.26. The van der Waals surface area contributed by atoms with Gasteiger partial charge in [0.25, 0.3) is 0 Å². The zero-order valence-corrected chi connectivity index (χ0v) is 15.4. The van der Waals surface area contributed by atoms with Crippen LogP contribution in [0.15, 0.2) is 34.9 Å². The molecular formula is C17H25ClN2OS. The molecule has 0 amide bonds. The Labute approximate surface area is 144 Å². The van der Waals surface area contributed by atoms with Gasteiger partial charge in [0, 0.05) is 34.9 Å². The van der Waals surface area contributed by atoms with Crippen LogP contribution in [0.4, 0.5) is 5.69 Å². The van der Waals surface area contributed by atoms with E-state index in [9.17, 15) is 4.79 Å². The van der Waals surface area contributed by atoms with Gasteiger partial charge < -0.3 is 9.80 Å². The molecule has 0 bridgehead atoms. The topological polar surface area (TPSA) is 23.6 Å². The van der Waals surface area contributed by atoms with Gasteiger partial charge in [0.2, 0.25) is 0 Å². The summed E-state index contributed by atoms with van der Waals surface area (Å²) in [6.07, 6.45) is 0. The quantitative estimate of drug-likeness (QED) is 0.716. The van der Waals surface area contributed by atoms with Gasteiger partial charge in [0.05, 0.1) is 12.4 Å². The van der Waals surface area contributed by atoms with Crippen molar-refractivity contribution >= 4 is 35.6 Å². The van der Waals surface area contributed by atoms with Crippen LogP contribution in [0.1, 0.15) is 38.1 Å². The summed E-state index contributed by atoms with van der Waals surface area (Å²) in [5.41, 5.74) is 3.21. The molecule has 0 aromatic heterocycles. The smallest absolute Gasteiger partial charge is 0.182 e. The van der Waals surface area contributed by atoms with Crippen molar-refractivity contribution in [2.45, 2.75) is 27.7 Å². The lowest BCUT2D eigenvalue weighted by atomic mass is 10.1. The Kier molecular flexibility index (Phi) is 7.30. The van der Waals surface area contributed by atoms with Crippen molar-refractivity contribution in [3.8, 4) is 0 Å². The number of nitrogens with zero attached hydrogens (tertiary/aromatic N) is 2. The maximum atomic E-state index is 12.4. The van der Waals surface area contributed by atoms with E-state index in [0.29, 0.717) is 6.54 Å². The van der Waals surface area contributed by atoms with Crippen molar-refractivity contribution in [1.82, 2.24) is 4.90 Å². The summed E-state index contributed by atoms with van der Waals surface area (Å²) < 4.78 is 0. The van der Waals surface area contributed by atoms with Crippen molar-refractivity contribution in [3.05, 3.63) is 40.4 Å². The van der Waals surface area contributed by atoms with Crippen LogP contribution in [0.5, 0.6) is 0 Å². The van der Waals surface area contributed by atoms with Gasteiger partial charge in [-0.1, -0.05) is 0 Å². The Morgan fingerprint density at radius 2 is 1.77 bits per heavy atom. The van der Waals surface area contributed by atoms with Crippen LogP contribution in [0.2, 0.25) is 0 Å². The molecule has 0 unspecified atom stereocenters. The molecule has 0 fully saturated rings. The highest BCUT2D eigenvalue weighted by molar-refractivity contribution is 8.03. The molecule has 0 atom stereocenters. The van der Waals surface area contributed by atoms with E-state index >= 15 is 0 Å². The predicted molar refractivity (Wildman–Crippen MR) is 99.1 cm³/mol. The van der Waals surface area contributed by atoms with Crippen LogP contribution >= 0.6 is 24.2 Å². The van der Waals surface area contributed by atoms with Gasteiger partial charge in [-0.25, -0.2) is 0 Å². The summed E-state index contributed by atoms with van der Waals surface area (Å²) in [4.78, 5) is 18.1. The van der Waals surface area contributed by atoms with Crippen LogP contribution in [-0.2, 0) is 0 Å². The molecule has 2 rings (SSSR count). The number of thioether (sulfide) groups is 1. The lowest BCUT2D eigenvalue weighted by molar-refractivity contribution is 0.0958. The van der Waals surface area contributed by atoms with Crippen molar-refractivity contribution in [3.63, 3.8) is 0 Å². The Morgan fingerprint density at radius 1 is 1.18 bits per heavy atom. The lowest BCUT2D eigenvalue weighted by Gasteiger charge is -2.21. The average Bonchev–Trinajstić information content (AvgIpc) is 2.81. The third kappa shape index (κ3) is 4.20. The maximum absolute atomic E-state index is 12.4. The molecule has 1 aromatic rings. The number of carbonyl (C=O) groups is 1. The molecule has 0 saturated carbocycles. The lowest BCUT2D eigenvalue weighted by Crippen LogP contribution is -2.26. The number of benzene rings is 1. The van der Waals surface area contributed by atoms with Gasteiger partial charge in [0.15, 0.2) is 5.78 Å².